The summed E-state index contributed by atoms with van der Waals surface area (Å²) in [6.45, 7) is 3.24. The highest BCUT2D eigenvalue weighted by molar-refractivity contribution is 5.35. The SMILES string of the molecule is CC(c1ccc(F)cc1O)N1CCCC2CCCCC21. The van der Waals surface area contributed by atoms with Crippen LogP contribution in [0.3, 0.4) is 0 Å². The number of hydrogen-bond acceptors (Lipinski definition) is 2. The maximum atomic E-state index is 13.1. The molecule has 1 aromatic rings. The Morgan fingerprint density at radius 2 is 1.95 bits per heavy atom. The average Bonchev–Trinajstić information content (AvgIpc) is 2.46. The van der Waals surface area contributed by atoms with Gasteiger partial charge in [-0.15, -0.1) is 0 Å². The Hall–Kier alpha value is -1.09. The fraction of sp³-hybridized carbons (Fsp3) is 0.647. The van der Waals surface area contributed by atoms with Crippen molar-refractivity contribution >= 4 is 0 Å². The Kier molecular flexibility index (Phi) is 3.97. The summed E-state index contributed by atoms with van der Waals surface area (Å²) in [5, 5.41) is 10.0. The quantitative estimate of drug-likeness (QED) is 0.873. The monoisotopic (exact) mass is 277 g/mol. The molecule has 2 aliphatic rings. The van der Waals surface area contributed by atoms with E-state index in [0.29, 0.717) is 6.04 Å². The topological polar surface area (TPSA) is 23.5 Å². The summed E-state index contributed by atoms with van der Waals surface area (Å²) >= 11 is 0. The molecule has 1 aromatic carbocycles. The zero-order valence-corrected chi connectivity index (χ0v) is 12.2. The first-order valence-corrected chi connectivity index (χ1v) is 7.91. The minimum Gasteiger partial charge on any atom is -0.508 e. The molecular formula is C17H24FNO. The van der Waals surface area contributed by atoms with Crippen molar-refractivity contribution in [3.63, 3.8) is 0 Å². The van der Waals surface area contributed by atoms with Gasteiger partial charge in [-0.3, -0.25) is 4.90 Å². The van der Waals surface area contributed by atoms with E-state index >= 15 is 0 Å². The number of aromatic hydroxyl groups is 1. The van der Waals surface area contributed by atoms with Gasteiger partial charge in [0.05, 0.1) is 0 Å². The molecule has 0 aromatic heterocycles. The molecular weight excluding hydrogens is 253 g/mol. The highest BCUT2D eigenvalue weighted by Crippen LogP contribution is 2.40. The van der Waals surface area contributed by atoms with Crippen LogP contribution in [0.25, 0.3) is 0 Å². The lowest BCUT2D eigenvalue weighted by Gasteiger charge is -2.47. The van der Waals surface area contributed by atoms with Crippen LogP contribution in [-0.2, 0) is 0 Å². The lowest BCUT2D eigenvalue weighted by atomic mass is 9.77. The molecule has 0 amide bonds. The van der Waals surface area contributed by atoms with Gasteiger partial charge in [0, 0.05) is 23.7 Å². The minimum absolute atomic E-state index is 0.0930. The van der Waals surface area contributed by atoms with Gasteiger partial charge >= 0.3 is 0 Å². The van der Waals surface area contributed by atoms with Gasteiger partial charge in [0.1, 0.15) is 11.6 Å². The normalized spacial score (nSPS) is 28.9. The first-order valence-electron chi connectivity index (χ1n) is 7.91. The Morgan fingerprint density at radius 3 is 2.75 bits per heavy atom. The van der Waals surface area contributed by atoms with E-state index in [0.717, 1.165) is 18.0 Å². The van der Waals surface area contributed by atoms with Crippen LogP contribution in [0.5, 0.6) is 5.75 Å². The number of likely N-dealkylation sites (tertiary alicyclic amines) is 1. The van der Waals surface area contributed by atoms with Crippen molar-refractivity contribution in [3.05, 3.63) is 29.6 Å². The van der Waals surface area contributed by atoms with E-state index in [1.54, 1.807) is 6.07 Å². The fourth-order valence-electron chi connectivity index (χ4n) is 4.19. The van der Waals surface area contributed by atoms with Gasteiger partial charge in [0.15, 0.2) is 0 Å². The van der Waals surface area contributed by atoms with E-state index < -0.39 is 0 Å². The number of halogens is 1. The van der Waals surface area contributed by atoms with Gasteiger partial charge in [0.25, 0.3) is 0 Å². The highest BCUT2D eigenvalue weighted by atomic mass is 19.1. The van der Waals surface area contributed by atoms with Crippen LogP contribution in [0.2, 0.25) is 0 Å². The van der Waals surface area contributed by atoms with E-state index in [1.807, 2.05) is 0 Å². The maximum Gasteiger partial charge on any atom is 0.126 e. The number of benzene rings is 1. The number of fused-ring (bicyclic) bond motifs is 1. The van der Waals surface area contributed by atoms with Crippen LogP contribution in [0.15, 0.2) is 18.2 Å². The van der Waals surface area contributed by atoms with E-state index in [1.165, 1.54) is 50.7 Å². The van der Waals surface area contributed by atoms with Gasteiger partial charge in [-0.1, -0.05) is 18.9 Å². The predicted octanol–water partition coefficient (Wildman–Crippen LogP) is 4.25. The van der Waals surface area contributed by atoms with Crippen molar-refractivity contribution in [1.29, 1.82) is 0 Å². The summed E-state index contributed by atoms with van der Waals surface area (Å²) in [6.07, 6.45) is 7.90. The highest BCUT2D eigenvalue weighted by Gasteiger charge is 2.36. The van der Waals surface area contributed by atoms with E-state index in [2.05, 4.69) is 11.8 Å². The third kappa shape index (κ3) is 2.56. The molecule has 1 heterocycles. The van der Waals surface area contributed by atoms with Crippen LogP contribution in [0.1, 0.15) is 57.1 Å². The van der Waals surface area contributed by atoms with E-state index in [-0.39, 0.29) is 17.6 Å². The summed E-state index contributed by atoms with van der Waals surface area (Å²) in [4.78, 5) is 2.54. The molecule has 3 unspecified atom stereocenters. The van der Waals surface area contributed by atoms with Crippen molar-refractivity contribution in [2.24, 2.45) is 5.92 Å². The molecule has 110 valence electrons. The number of phenolic OH excluding ortho intramolecular Hbond substituents is 1. The largest absolute Gasteiger partial charge is 0.508 e. The second kappa shape index (κ2) is 5.72. The van der Waals surface area contributed by atoms with Crippen LogP contribution in [-0.4, -0.2) is 22.6 Å². The zero-order valence-electron chi connectivity index (χ0n) is 12.2. The van der Waals surface area contributed by atoms with Gasteiger partial charge < -0.3 is 5.11 Å². The Bertz CT molecular complexity index is 474. The molecule has 2 nitrogen and oxygen atoms in total. The molecule has 3 atom stereocenters. The molecule has 3 heteroatoms. The lowest BCUT2D eigenvalue weighted by Crippen LogP contribution is -2.47. The van der Waals surface area contributed by atoms with Crippen molar-refractivity contribution in [3.8, 4) is 5.75 Å². The van der Waals surface area contributed by atoms with Crippen molar-refractivity contribution in [2.75, 3.05) is 6.54 Å². The van der Waals surface area contributed by atoms with Gasteiger partial charge in [0.2, 0.25) is 0 Å². The number of piperidine rings is 1. The third-order valence-corrected chi connectivity index (χ3v) is 5.23. The molecule has 0 spiro atoms. The molecule has 0 bridgehead atoms. The molecule has 1 N–H and O–H groups in total. The van der Waals surface area contributed by atoms with Crippen LogP contribution >= 0.6 is 0 Å². The first kappa shape index (κ1) is 13.9. The summed E-state index contributed by atoms with van der Waals surface area (Å²) in [6, 6.07) is 5.24. The third-order valence-electron chi connectivity index (χ3n) is 5.23. The molecule has 1 saturated carbocycles. The van der Waals surface area contributed by atoms with E-state index in [9.17, 15) is 9.50 Å². The first-order chi connectivity index (χ1) is 9.66. The smallest absolute Gasteiger partial charge is 0.126 e. The van der Waals surface area contributed by atoms with Crippen LogP contribution < -0.4 is 0 Å². The molecule has 1 aliphatic carbocycles. The molecule has 2 fully saturated rings. The lowest BCUT2D eigenvalue weighted by molar-refractivity contribution is 0.0301. The van der Waals surface area contributed by atoms with Crippen LogP contribution in [0.4, 0.5) is 4.39 Å². The Morgan fingerprint density at radius 1 is 1.20 bits per heavy atom. The second-order valence-corrected chi connectivity index (χ2v) is 6.37. The van der Waals surface area contributed by atoms with E-state index in [4.69, 9.17) is 0 Å². The molecule has 0 radical (unpaired) electrons. The van der Waals surface area contributed by atoms with Gasteiger partial charge in [-0.25, -0.2) is 4.39 Å². The number of hydrogen-bond donors (Lipinski definition) is 1. The van der Waals surface area contributed by atoms with Crippen molar-refractivity contribution in [1.82, 2.24) is 4.90 Å². The fourth-order valence-corrected chi connectivity index (χ4v) is 4.19. The van der Waals surface area contributed by atoms with Crippen LogP contribution in [0, 0.1) is 11.7 Å². The Labute approximate surface area is 120 Å². The molecule has 1 saturated heterocycles. The summed E-state index contributed by atoms with van der Waals surface area (Å²) < 4.78 is 13.1. The minimum atomic E-state index is -0.368. The molecule has 3 rings (SSSR count). The van der Waals surface area contributed by atoms with Gasteiger partial charge in [-0.05, 0) is 51.1 Å². The summed E-state index contributed by atoms with van der Waals surface area (Å²) in [7, 11) is 0. The van der Waals surface area contributed by atoms with Crippen molar-refractivity contribution in [2.45, 2.75) is 57.5 Å². The summed E-state index contributed by atoms with van der Waals surface area (Å²) in [5.41, 5.74) is 0.859. The predicted molar refractivity (Wildman–Crippen MR) is 78.2 cm³/mol. The number of rotatable bonds is 2. The zero-order chi connectivity index (χ0) is 14.1. The Balaban J connectivity index is 1.83. The van der Waals surface area contributed by atoms with Gasteiger partial charge in [-0.2, -0.15) is 0 Å². The van der Waals surface area contributed by atoms with Crippen molar-refractivity contribution < 1.29 is 9.50 Å². The second-order valence-electron chi connectivity index (χ2n) is 6.37. The average molecular weight is 277 g/mol. The number of phenols is 1. The number of nitrogens with zero attached hydrogens (tertiary/aromatic N) is 1. The summed E-state index contributed by atoms with van der Waals surface area (Å²) in [5.74, 6) is 0.547. The maximum absolute atomic E-state index is 13.1. The molecule has 1 aliphatic heterocycles. The molecule has 20 heavy (non-hydrogen) atoms. The standard InChI is InChI=1S/C17H24FNO/c1-12(15-9-8-14(18)11-17(15)20)19-10-4-6-13-5-2-3-7-16(13)19/h8-9,11-13,16,20H,2-7,10H2,1H3.